The Labute approximate surface area is 112 Å². The highest BCUT2D eigenvalue weighted by Gasteiger charge is 2.41. The van der Waals surface area contributed by atoms with Crippen LogP contribution in [-0.2, 0) is 28.6 Å². The molecule has 0 heterocycles. The number of carbonyl (C=O) groups excluding carboxylic acids is 3. The molecule has 0 aromatic rings. The highest BCUT2D eigenvalue weighted by molar-refractivity contribution is 5.91. The molecule has 0 aliphatic heterocycles. The van der Waals surface area contributed by atoms with Crippen molar-refractivity contribution in [2.24, 2.45) is 0 Å². The van der Waals surface area contributed by atoms with E-state index in [0.29, 0.717) is 0 Å². The van der Waals surface area contributed by atoms with E-state index in [1.807, 2.05) is 0 Å². The molecular weight excluding hydrogens is 252 g/mol. The Kier molecular flexibility index (Phi) is 5.29. The van der Waals surface area contributed by atoms with E-state index in [9.17, 15) is 14.4 Å². The van der Waals surface area contributed by atoms with Gasteiger partial charge in [-0.15, -0.1) is 0 Å². The third-order valence-corrected chi connectivity index (χ3v) is 2.21. The Morgan fingerprint density at radius 2 is 1.32 bits per heavy atom. The molecule has 0 atom stereocenters. The summed E-state index contributed by atoms with van der Waals surface area (Å²) in [6.07, 6.45) is 0. The third kappa shape index (κ3) is 4.73. The van der Waals surface area contributed by atoms with Crippen molar-refractivity contribution in [1.82, 2.24) is 0 Å². The molecule has 0 saturated heterocycles. The van der Waals surface area contributed by atoms with Gasteiger partial charge in [-0.3, -0.25) is 0 Å². The molecule has 0 N–H and O–H groups in total. The molecule has 0 unspecified atom stereocenters. The minimum absolute atomic E-state index is 0.160. The van der Waals surface area contributed by atoms with Crippen molar-refractivity contribution >= 4 is 17.9 Å². The van der Waals surface area contributed by atoms with E-state index >= 15 is 0 Å². The number of rotatable bonds is 5. The van der Waals surface area contributed by atoms with E-state index in [1.165, 1.54) is 41.7 Å². The zero-order valence-corrected chi connectivity index (χ0v) is 12.2. The summed E-state index contributed by atoms with van der Waals surface area (Å²) in [7, 11) is 1.18. The molecule has 0 aliphatic rings. The van der Waals surface area contributed by atoms with Crippen LogP contribution in [0.25, 0.3) is 0 Å². The molecule has 0 bridgehead atoms. The van der Waals surface area contributed by atoms with Crippen LogP contribution in [0.15, 0.2) is 12.2 Å². The number of hydrogen-bond acceptors (Lipinski definition) is 6. The number of carbonyl (C=O) groups is 3. The van der Waals surface area contributed by atoms with E-state index in [4.69, 9.17) is 9.47 Å². The monoisotopic (exact) mass is 272 g/mol. The van der Waals surface area contributed by atoms with Gasteiger partial charge in [0.05, 0.1) is 7.11 Å². The summed E-state index contributed by atoms with van der Waals surface area (Å²) < 4.78 is 14.5. The molecule has 108 valence electrons. The number of ether oxygens (including phenoxy) is 3. The first-order valence-electron chi connectivity index (χ1n) is 5.64. The lowest BCUT2D eigenvalue weighted by Gasteiger charge is -2.28. The van der Waals surface area contributed by atoms with Crippen LogP contribution in [0.5, 0.6) is 0 Å². The Morgan fingerprint density at radius 3 is 1.68 bits per heavy atom. The van der Waals surface area contributed by atoms with Crippen LogP contribution >= 0.6 is 0 Å². The highest BCUT2D eigenvalue weighted by atomic mass is 16.6. The van der Waals surface area contributed by atoms with E-state index in [0.717, 1.165) is 0 Å². The van der Waals surface area contributed by atoms with Crippen LogP contribution in [0, 0.1) is 0 Å². The Balaban J connectivity index is 4.86. The number of hydrogen-bond donors (Lipinski definition) is 0. The Hall–Kier alpha value is -1.85. The van der Waals surface area contributed by atoms with Gasteiger partial charge in [0.15, 0.2) is 0 Å². The van der Waals surface area contributed by atoms with E-state index < -0.39 is 29.1 Å². The number of esters is 3. The fraction of sp³-hybridized carbons (Fsp3) is 0.615. The molecule has 0 aromatic carbocycles. The largest absolute Gasteiger partial charge is 0.466 e. The maximum atomic E-state index is 11.9. The summed E-state index contributed by atoms with van der Waals surface area (Å²) in [6.45, 7) is 10.4. The van der Waals surface area contributed by atoms with Gasteiger partial charge >= 0.3 is 17.9 Å². The SMILES string of the molecule is C=C(C)C(=O)OC(C)(C)C(=O)OC(C)(C)C(=O)OC. The molecule has 0 saturated carbocycles. The molecule has 0 rings (SSSR count). The molecule has 6 nitrogen and oxygen atoms in total. The molecule has 6 heteroatoms. The van der Waals surface area contributed by atoms with Gasteiger partial charge in [-0.05, 0) is 34.6 Å². The lowest BCUT2D eigenvalue weighted by Crippen LogP contribution is -2.46. The summed E-state index contributed by atoms with van der Waals surface area (Å²) in [6, 6.07) is 0. The van der Waals surface area contributed by atoms with Gasteiger partial charge in [-0.2, -0.15) is 0 Å². The van der Waals surface area contributed by atoms with Gasteiger partial charge in [-0.25, -0.2) is 14.4 Å². The van der Waals surface area contributed by atoms with Gasteiger partial charge < -0.3 is 14.2 Å². The molecule has 0 fully saturated rings. The van der Waals surface area contributed by atoms with Gasteiger partial charge in [-0.1, -0.05) is 6.58 Å². The summed E-state index contributed by atoms with van der Waals surface area (Å²) in [5.41, 5.74) is -2.83. The van der Waals surface area contributed by atoms with Crippen LogP contribution in [-0.4, -0.2) is 36.2 Å². The van der Waals surface area contributed by atoms with Crippen LogP contribution in [0.3, 0.4) is 0 Å². The molecule has 0 spiro atoms. The summed E-state index contributed by atoms with van der Waals surface area (Å²) in [5.74, 6) is -2.27. The first kappa shape index (κ1) is 17.2. The zero-order chi connectivity index (χ0) is 15.4. The van der Waals surface area contributed by atoms with E-state index in [1.54, 1.807) is 0 Å². The molecule has 0 aliphatic carbocycles. The second kappa shape index (κ2) is 5.86. The molecular formula is C13H20O6. The predicted molar refractivity (Wildman–Crippen MR) is 67.2 cm³/mol. The van der Waals surface area contributed by atoms with Gasteiger partial charge in [0.2, 0.25) is 11.2 Å². The maximum Gasteiger partial charge on any atom is 0.351 e. The van der Waals surface area contributed by atoms with Gasteiger partial charge in [0.1, 0.15) is 0 Å². The Morgan fingerprint density at radius 1 is 0.895 bits per heavy atom. The maximum absolute atomic E-state index is 11.9. The smallest absolute Gasteiger partial charge is 0.351 e. The molecule has 0 aromatic heterocycles. The van der Waals surface area contributed by atoms with Crippen molar-refractivity contribution in [2.45, 2.75) is 45.8 Å². The lowest BCUT2D eigenvalue weighted by molar-refractivity contribution is -0.193. The van der Waals surface area contributed by atoms with Crippen LogP contribution < -0.4 is 0 Å². The van der Waals surface area contributed by atoms with Crippen molar-refractivity contribution in [1.29, 1.82) is 0 Å². The Bertz CT molecular complexity index is 405. The molecule has 0 amide bonds. The molecule has 0 radical (unpaired) electrons. The van der Waals surface area contributed by atoms with E-state index in [2.05, 4.69) is 11.3 Å². The minimum Gasteiger partial charge on any atom is -0.466 e. The number of methoxy groups -OCH3 is 1. The topological polar surface area (TPSA) is 78.9 Å². The first-order chi connectivity index (χ1) is 8.44. The van der Waals surface area contributed by atoms with Crippen LogP contribution in [0.4, 0.5) is 0 Å². The minimum atomic E-state index is -1.53. The van der Waals surface area contributed by atoms with Crippen molar-refractivity contribution < 1.29 is 28.6 Å². The predicted octanol–water partition coefficient (Wildman–Crippen LogP) is 1.38. The quantitative estimate of drug-likeness (QED) is 0.427. The molecule has 19 heavy (non-hydrogen) atoms. The van der Waals surface area contributed by atoms with E-state index in [-0.39, 0.29) is 5.57 Å². The van der Waals surface area contributed by atoms with Crippen LogP contribution in [0.2, 0.25) is 0 Å². The van der Waals surface area contributed by atoms with Crippen molar-refractivity contribution in [3.05, 3.63) is 12.2 Å². The van der Waals surface area contributed by atoms with Crippen LogP contribution in [0.1, 0.15) is 34.6 Å². The average Bonchev–Trinajstić information content (AvgIpc) is 2.26. The normalized spacial score (nSPS) is 11.5. The lowest BCUT2D eigenvalue weighted by atomic mass is 10.1. The standard InChI is InChI=1S/C13H20O6/c1-8(2)9(14)18-13(5,6)11(16)19-12(3,4)10(15)17-7/h1H2,2-7H3. The summed E-state index contributed by atoms with van der Waals surface area (Å²) in [5, 5.41) is 0. The average molecular weight is 272 g/mol. The zero-order valence-electron chi connectivity index (χ0n) is 12.2. The second-order valence-electron chi connectivity index (χ2n) is 5.07. The van der Waals surface area contributed by atoms with Crippen molar-refractivity contribution in [2.75, 3.05) is 7.11 Å². The second-order valence-corrected chi connectivity index (χ2v) is 5.07. The third-order valence-electron chi connectivity index (χ3n) is 2.21. The first-order valence-corrected chi connectivity index (χ1v) is 5.64. The van der Waals surface area contributed by atoms with Gasteiger partial charge in [0, 0.05) is 5.57 Å². The van der Waals surface area contributed by atoms with Gasteiger partial charge in [0.25, 0.3) is 0 Å². The highest BCUT2D eigenvalue weighted by Crippen LogP contribution is 2.20. The van der Waals surface area contributed by atoms with Crippen molar-refractivity contribution in [3.8, 4) is 0 Å². The summed E-state index contributed by atoms with van der Waals surface area (Å²) >= 11 is 0. The van der Waals surface area contributed by atoms with Crippen molar-refractivity contribution in [3.63, 3.8) is 0 Å². The summed E-state index contributed by atoms with van der Waals surface area (Å²) in [4.78, 5) is 34.7. The fourth-order valence-corrected chi connectivity index (χ4v) is 1.00. The fourth-order valence-electron chi connectivity index (χ4n) is 1.00.